The average Bonchev–Trinajstić information content (AvgIpc) is 2.82. The minimum atomic E-state index is -0.389. The second-order valence-electron chi connectivity index (χ2n) is 6.16. The molecular weight excluding hydrogens is 382 g/mol. The monoisotopic (exact) mass is 401 g/mol. The number of hydrogen-bond acceptors (Lipinski definition) is 4. The molecule has 0 aliphatic carbocycles. The van der Waals surface area contributed by atoms with Crippen molar-refractivity contribution in [3.8, 4) is 0 Å². The minimum Gasteiger partial charge on any atom is -0.307 e. The van der Waals surface area contributed by atoms with Gasteiger partial charge in [-0.05, 0) is 42.3 Å². The van der Waals surface area contributed by atoms with Gasteiger partial charge in [-0.15, -0.1) is 16.9 Å². The summed E-state index contributed by atoms with van der Waals surface area (Å²) in [6.07, 6.45) is 1.29. The van der Waals surface area contributed by atoms with Crippen LogP contribution in [-0.2, 0) is 11.3 Å². The van der Waals surface area contributed by atoms with Crippen molar-refractivity contribution in [3.63, 3.8) is 0 Å². The maximum absolute atomic E-state index is 12.7. The number of rotatable bonds is 5. The zero-order chi connectivity index (χ0) is 19.2. The number of carbonyl (C=O) groups is 2. The number of amides is 2. The molecule has 2 aromatic rings. The highest BCUT2D eigenvalue weighted by molar-refractivity contribution is 7.99. The van der Waals surface area contributed by atoms with Gasteiger partial charge in [0, 0.05) is 27.7 Å². The second kappa shape index (κ2) is 9.15. The van der Waals surface area contributed by atoms with Crippen LogP contribution < -0.4 is 4.90 Å². The lowest BCUT2D eigenvalue weighted by Gasteiger charge is -2.23. The van der Waals surface area contributed by atoms with E-state index >= 15 is 0 Å². The first-order valence-electron chi connectivity index (χ1n) is 8.82. The van der Waals surface area contributed by atoms with Gasteiger partial charge in [0.1, 0.15) is 0 Å². The summed E-state index contributed by atoms with van der Waals surface area (Å²) in [6.45, 7) is 2.93. The van der Waals surface area contributed by atoms with Gasteiger partial charge in [-0.1, -0.05) is 30.7 Å². The van der Waals surface area contributed by atoms with Gasteiger partial charge in [0.05, 0.1) is 18.8 Å². The van der Waals surface area contributed by atoms with Gasteiger partial charge in [0.2, 0.25) is 5.91 Å². The van der Waals surface area contributed by atoms with E-state index in [9.17, 15) is 9.59 Å². The van der Waals surface area contributed by atoms with Crippen molar-refractivity contribution in [2.24, 2.45) is 10.2 Å². The molecule has 0 radical (unpaired) electrons. The summed E-state index contributed by atoms with van der Waals surface area (Å²) in [4.78, 5) is 27.7. The number of carbonyl (C=O) groups excluding carboxylic acids is 2. The molecule has 3 rings (SSSR count). The number of benzene rings is 2. The van der Waals surface area contributed by atoms with Crippen LogP contribution >= 0.6 is 23.4 Å². The van der Waals surface area contributed by atoms with Crippen LogP contribution in [0, 0.1) is 0 Å². The fourth-order valence-corrected chi connectivity index (χ4v) is 3.82. The van der Waals surface area contributed by atoms with E-state index in [2.05, 4.69) is 10.2 Å². The lowest BCUT2D eigenvalue weighted by molar-refractivity contribution is -0.118. The van der Waals surface area contributed by atoms with E-state index in [0.29, 0.717) is 35.8 Å². The molecule has 0 spiro atoms. The molecule has 1 heterocycles. The summed E-state index contributed by atoms with van der Waals surface area (Å²) in [6, 6.07) is 12.8. The molecule has 0 atom stereocenters. The highest BCUT2D eigenvalue weighted by Gasteiger charge is 2.24. The highest BCUT2D eigenvalue weighted by Crippen LogP contribution is 2.36. The van der Waals surface area contributed by atoms with Crippen molar-refractivity contribution in [3.05, 3.63) is 58.6 Å². The van der Waals surface area contributed by atoms with E-state index in [1.54, 1.807) is 28.8 Å². The van der Waals surface area contributed by atoms with Crippen molar-refractivity contribution >= 4 is 40.9 Å². The summed E-state index contributed by atoms with van der Waals surface area (Å²) in [7, 11) is 0. The predicted molar refractivity (Wildman–Crippen MR) is 109 cm³/mol. The molecule has 0 bridgehead atoms. The predicted octanol–water partition coefficient (Wildman–Crippen LogP) is 5.37. The Labute approximate surface area is 167 Å². The van der Waals surface area contributed by atoms with Crippen molar-refractivity contribution in [2.45, 2.75) is 31.2 Å². The molecule has 2 aromatic carbocycles. The maximum Gasteiger partial charge on any atom is 0.295 e. The third kappa shape index (κ3) is 4.96. The molecule has 0 aromatic heterocycles. The van der Waals surface area contributed by atoms with Crippen LogP contribution in [0.2, 0.25) is 5.02 Å². The van der Waals surface area contributed by atoms with Gasteiger partial charge < -0.3 is 4.90 Å². The lowest BCUT2D eigenvalue weighted by atomic mass is 10.1. The van der Waals surface area contributed by atoms with E-state index < -0.39 is 0 Å². The highest BCUT2D eigenvalue weighted by atomic mass is 35.5. The first-order chi connectivity index (χ1) is 13.1. The molecule has 0 N–H and O–H groups in total. The smallest absolute Gasteiger partial charge is 0.295 e. The Bertz CT molecular complexity index is 868. The van der Waals surface area contributed by atoms with Crippen molar-refractivity contribution in [2.75, 3.05) is 17.2 Å². The SMILES string of the molecule is CCCN=NC(=O)c1ccc2c(c1)N(Cc1ccc(Cl)cc1)C(=O)CCS2. The van der Waals surface area contributed by atoms with E-state index in [1.807, 2.05) is 37.3 Å². The molecule has 27 heavy (non-hydrogen) atoms. The van der Waals surface area contributed by atoms with E-state index in [4.69, 9.17) is 11.6 Å². The molecular formula is C20H20ClN3O2S. The summed E-state index contributed by atoms with van der Waals surface area (Å²) in [5, 5.41) is 8.29. The van der Waals surface area contributed by atoms with Crippen molar-refractivity contribution < 1.29 is 9.59 Å². The number of fused-ring (bicyclic) bond motifs is 1. The topological polar surface area (TPSA) is 62.1 Å². The molecule has 2 amide bonds. The van der Waals surface area contributed by atoms with Crippen LogP contribution in [0.5, 0.6) is 0 Å². The van der Waals surface area contributed by atoms with Gasteiger partial charge in [-0.2, -0.15) is 5.11 Å². The van der Waals surface area contributed by atoms with Crippen molar-refractivity contribution in [1.82, 2.24) is 0 Å². The van der Waals surface area contributed by atoms with Gasteiger partial charge in [-0.25, -0.2) is 0 Å². The fourth-order valence-electron chi connectivity index (χ4n) is 2.72. The van der Waals surface area contributed by atoms with E-state index in [-0.39, 0.29) is 11.8 Å². The van der Waals surface area contributed by atoms with Gasteiger partial charge in [0.25, 0.3) is 5.91 Å². The van der Waals surface area contributed by atoms with Crippen LogP contribution in [0.25, 0.3) is 0 Å². The van der Waals surface area contributed by atoms with Crippen LogP contribution in [0.4, 0.5) is 5.69 Å². The summed E-state index contributed by atoms with van der Waals surface area (Å²) in [5.41, 5.74) is 2.16. The molecule has 5 nitrogen and oxygen atoms in total. The third-order valence-electron chi connectivity index (χ3n) is 4.11. The Kier molecular flexibility index (Phi) is 6.63. The largest absolute Gasteiger partial charge is 0.307 e. The Hall–Kier alpha value is -2.18. The van der Waals surface area contributed by atoms with E-state index in [0.717, 1.165) is 22.6 Å². The molecule has 0 saturated carbocycles. The van der Waals surface area contributed by atoms with Gasteiger partial charge in [0.15, 0.2) is 0 Å². The molecule has 1 aliphatic rings. The van der Waals surface area contributed by atoms with Gasteiger partial charge >= 0.3 is 0 Å². The second-order valence-corrected chi connectivity index (χ2v) is 7.73. The first kappa shape index (κ1) is 19.6. The van der Waals surface area contributed by atoms with Crippen LogP contribution in [0.1, 0.15) is 35.7 Å². The lowest BCUT2D eigenvalue weighted by Crippen LogP contribution is -2.30. The number of halogens is 1. The number of thioether (sulfide) groups is 1. The Morgan fingerprint density at radius 2 is 2.00 bits per heavy atom. The average molecular weight is 402 g/mol. The molecule has 0 unspecified atom stereocenters. The maximum atomic E-state index is 12.7. The van der Waals surface area contributed by atoms with Crippen LogP contribution in [0.3, 0.4) is 0 Å². The standard InChI is InChI=1S/C20H20ClN3O2S/c1-2-10-22-23-20(26)15-5-8-18-17(12-15)24(19(25)9-11-27-18)13-14-3-6-16(21)7-4-14/h3-8,12H,2,9-11,13H2,1H3. The summed E-state index contributed by atoms with van der Waals surface area (Å²) < 4.78 is 0. The van der Waals surface area contributed by atoms with Crippen LogP contribution in [-0.4, -0.2) is 24.1 Å². The zero-order valence-electron chi connectivity index (χ0n) is 15.0. The molecule has 0 saturated heterocycles. The molecule has 1 aliphatic heterocycles. The van der Waals surface area contributed by atoms with E-state index in [1.165, 1.54) is 0 Å². The normalized spacial score (nSPS) is 14.3. The number of hydrogen-bond donors (Lipinski definition) is 0. The quantitative estimate of drug-likeness (QED) is 0.632. The number of anilines is 1. The molecule has 7 heteroatoms. The Balaban J connectivity index is 1.93. The zero-order valence-corrected chi connectivity index (χ0v) is 16.6. The number of azo groups is 1. The van der Waals surface area contributed by atoms with Gasteiger partial charge in [-0.3, -0.25) is 9.59 Å². The number of nitrogens with zero attached hydrogens (tertiary/aromatic N) is 3. The Morgan fingerprint density at radius 3 is 2.74 bits per heavy atom. The first-order valence-corrected chi connectivity index (χ1v) is 10.2. The Morgan fingerprint density at radius 1 is 1.22 bits per heavy atom. The minimum absolute atomic E-state index is 0.0356. The summed E-state index contributed by atoms with van der Waals surface area (Å²) >= 11 is 7.58. The third-order valence-corrected chi connectivity index (χ3v) is 5.43. The molecule has 0 fully saturated rings. The fraction of sp³-hybridized carbons (Fsp3) is 0.300. The summed E-state index contributed by atoms with van der Waals surface area (Å²) in [5.74, 6) is 0.361. The van der Waals surface area contributed by atoms with Crippen molar-refractivity contribution in [1.29, 1.82) is 0 Å². The molecule has 140 valence electrons. The van der Waals surface area contributed by atoms with Crippen LogP contribution in [0.15, 0.2) is 57.6 Å².